The summed E-state index contributed by atoms with van der Waals surface area (Å²) in [6.07, 6.45) is 1.46. The van der Waals surface area contributed by atoms with Gasteiger partial charge in [0.2, 0.25) is 0 Å². The number of benzene rings is 1. The minimum atomic E-state index is -1.32. The van der Waals surface area contributed by atoms with E-state index in [2.05, 4.69) is 4.40 Å². The Kier molecular flexibility index (Phi) is 3.27. The van der Waals surface area contributed by atoms with Crippen LogP contribution >= 0.6 is 0 Å². The lowest BCUT2D eigenvalue weighted by molar-refractivity contribution is 0.561. The maximum absolute atomic E-state index is 13.7. The molecule has 0 bridgehead atoms. The summed E-state index contributed by atoms with van der Waals surface area (Å²) in [7, 11) is 0. The van der Waals surface area contributed by atoms with Gasteiger partial charge >= 0.3 is 0 Å². The molecule has 0 spiro atoms. The molecule has 1 atom stereocenters. The van der Waals surface area contributed by atoms with Crippen molar-refractivity contribution in [1.82, 2.24) is 0 Å². The van der Waals surface area contributed by atoms with E-state index in [1.807, 2.05) is 26.8 Å². The van der Waals surface area contributed by atoms with Crippen LogP contribution in [0.2, 0.25) is 0 Å². The van der Waals surface area contributed by atoms with E-state index in [4.69, 9.17) is 0 Å². The van der Waals surface area contributed by atoms with Crippen molar-refractivity contribution in [3.63, 3.8) is 0 Å². The molecule has 0 heterocycles. The SMILES string of the molecule is CC(C)(C)[S@+]([O-])N=C1CCc2cccc(F)c21. The van der Waals surface area contributed by atoms with Crippen LogP contribution in [0.1, 0.15) is 38.3 Å². The zero-order valence-electron chi connectivity index (χ0n) is 10.3. The quantitative estimate of drug-likeness (QED) is 0.708. The second kappa shape index (κ2) is 4.42. The Morgan fingerprint density at radius 2 is 2.00 bits per heavy atom. The van der Waals surface area contributed by atoms with Gasteiger partial charge in [-0.05, 0) is 45.2 Å². The predicted molar refractivity (Wildman–Crippen MR) is 69.2 cm³/mol. The second-order valence-electron chi connectivity index (χ2n) is 5.17. The van der Waals surface area contributed by atoms with Crippen LogP contribution in [-0.4, -0.2) is 15.0 Å². The molecule has 2 nitrogen and oxygen atoms in total. The predicted octanol–water partition coefficient (Wildman–Crippen LogP) is 3.02. The largest absolute Gasteiger partial charge is 0.591 e. The Labute approximate surface area is 104 Å². The fraction of sp³-hybridized carbons (Fsp3) is 0.462. The van der Waals surface area contributed by atoms with Crippen LogP contribution in [-0.2, 0) is 17.8 Å². The lowest BCUT2D eigenvalue weighted by Gasteiger charge is -2.18. The Morgan fingerprint density at radius 3 is 2.65 bits per heavy atom. The molecule has 1 aliphatic rings. The van der Waals surface area contributed by atoms with Gasteiger partial charge in [-0.3, -0.25) is 0 Å². The number of hydrogen-bond donors (Lipinski definition) is 0. The second-order valence-corrected chi connectivity index (χ2v) is 7.08. The smallest absolute Gasteiger partial charge is 0.144 e. The third-order valence-electron chi connectivity index (χ3n) is 2.74. The van der Waals surface area contributed by atoms with Gasteiger partial charge < -0.3 is 4.55 Å². The third-order valence-corrected chi connectivity index (χ3v) is 4.17. The van der Waals surface area contributed by atoms with Gasteiger partial charge in [-0.1, -0.05) is 16.5 Å². The zero-order valence-corrected chi connectivity index (χ0v) is 11.1. The van der Waals surface area contributed by atoms with Gasteiger partial charge in [0.1, 0.15) is 27.6 Å². The van der Waals surface area contributed by atoms with Gasteiger partial charge in [-0.2, -0.15) is 0 Å². The minimum absolute atomic E-state index is 0.260. The number of fused-ring (bicyclic) bond motifs is 1. The average Bonchev–Trinajstić information content (AvgIpc) is 2.61. The van der Waals surface area contributed by atoms with Gasteiger partial charge in [0.25, 0.3) is 0 Å². The first kappa shape index (κ1) is 12.6. The van der Waals surface area contributed by atoms with Crippen LogP contribution in [0.3, 0.4) is 0 Å². The molecule has 0 aromatic heterocycles. The molecule has 0 aliphatic heterocycles. The number of aryl methyl sites for hydroxylation is 1. The Hall–Kier alpha value is -0.870. The molecule has 0 saturated carbocycles. The lowest BCUT2D eigenvalue weighted by atomic mass is 10.1. The van der Waals surface area contributed by atoms with E-state index >= 15 is 0 Å². The van der Waals surface area contributed by atoms with Gasteiger partial charge in [0, 0.05) is 5.56 Å². The first-order chi connectivity index (χ1) is 7.89. The van der Waals surface area contributed by atoms with Crippen LogP contribution in [0, 0.1) is 5.82 Å². The topological polar surface area (TPSA) is 35.4 Å². The van der Waals surface area contributed by atoms with Crippen LogP contribution in [0.25, 0.3) is 0 Å². The molecule has 0 N–H and O–H groups in total. The van der Waals surface area contributed by atoms with Crippen molar-refractivity contribution in [1.29, 1.82) is 0 Å². The molecule has 2 rings (SSSR count). The maximum atomic E-state index is 13.7. The summed E-state index contributed by atoms with van der Waals surface area (Å²) in [5, 5.41) is 0. The number of halogens is 1. The fourth-order valence-corrected chi connectivity index (χ4v) is 2.46. The highest BCUT2D eigenvalue weighted by molar-refractivity contribution is 7.91. The van der Waals surface area contributed by atoms with E-state index in [-0.39, 0.29) is 5.82 Å². The van der Waals surface area contributed by atoms with Crippen molar-refractivity contribution in [3.8, 4) is 0 Å². The molecule has 4 heteroatoms. The molecule has 0 unspecified atom stereocenters. The Bertz CT molecular complexity index is 465. The highest BCUT2D eigenvalue weighted by Crippen LogP contribution is 2.27. The standard InChI is InChI=1S/C13H16FNOS/c1-13(2,3)17(16)15-11-8-7-9-5-4-6-10(14)12(9)11/h4-6H,7-8H2,1-3H3/t17-/m0/s1. The highest BCUT2D eigenvalue weighted by Gasteiger charge is 2.30. The summed E-state index contributed by atoms with van der Waals surface area (Å²) < 4.78 is 29.4. The average molecular weight is 253 g/mol. The molecule has 0 fully saturated rings. The zero-order chi connectivity index (χ0) is 12.6. The van der Waals surface area contributed by atoms with Crippen LogP contribution in [0.4, 0.5) is 4.39 Å². The summed E-state index contributed by atoms with van der Waals surface area (Å²) in [6.45, 7) is 5.60. The lowest BCUT2D eigenvalue weighted by Crippen LogP contribution is -2.26. The summed E-state index contributed by atoms with van der Waals surface area (Å²) in [4.78, 5) is 0. The Morgan fingerprint density at radius 1 is 1.29 bits per heavy atom. The van der Waals surface area contributed by atoms with E-state index in [1.54, 1.807) is 6.07 Å². The third kappa shape index (κ3) is 2.53. The molecule has 17 heavy (non-hydrogen) atoms. The number of hydrogen-bond acceptors (Lipinski definition) is 2. The molecule has 0 amide bonds. The summed E-state index contributed by atoms with van der Waals surface area (Å²) in [5.41, 5.74) is 2.17. The minimum Gasteiger partial charge on any atom is -0.591 e. The van der Waals surface area contributed by atoms with Crippen molar-refractivity contribution < 1.29 is 8.94 Å². The molecule has 1 aromatic carbocycles. The van der Waals surface area contributed by atoms with Crippen molar-refractivity contribution in [2.45, 2.75) is 38.4 Å². The van der Waals surface area contributed by atoms with Crippen molar-refractivity contribution in [2.24, 2.45) is 4.40 Å². The van der Waals surface area contributed by atoms with Crippen LogP contribution in [0.5, 0.6) is 0 Å². The molecule has 0 saturated heterocycles. The monoisotopic (exact) mass is 253 g/mol. The maximum Gasteiger partial charge on any atom is 0.144 e. The molecular weight excluding hydrogens is 237 g/mol. The molecule has 1 aliphatic carbocycles. The first-order valence-electron chi connectivity index (χ1n) is 5.67. The van der Waals surface area contributed by atoms with E-state index in [0.29, 0.717) is 17.7 Å². The van der Waals surface area contributed by atoms with Gasteiger partial charge in [0.15, 0.2) is 0 Å². The molecule has 92 valence electrons. The van der Waals surface area contributed by atoms with E-state index < -0.39 is 16.1 Å². The van der Waals surface area contributed by atoms with E-state index in [0.717, 1.165) is 12.0 Å². The number of rotatable bonds is 1. The van der Waals surface area contributed by atoms with Crippen LogP contribution in [0.15, 0.2) is 22.6 Å². The van der Waals surface area contributed by atoms with Gasteiger partial charge in [-0.15, -0.1) is 0 Å². The molecule has 1 aromatic rings. The van der Waals surface area contributed by atoms with Gasteiger partial charge in [0.05, 0.1) is 0 Å². The Balaban J connectivity index is 2.37. The summed E-state index contributed by atoms with van der Waals surface area (Å²) in [6, 6.07) is 5.04. The fourth-order valence-electron chi connectivity index (χ4n) is 1.81. The number of nitrogens with zero attached hydrogens (tertiary/aromatic N) is 1. The van der Waals surface area contributed by atoms with Crippen molar-refractivity contribution in [3.05, 3.63) is 35.1 Å². The highest BCUT2D eigenvalue weighted by atomic mass is 32.2. The molecule has 0 radical (unpaired) electrons. The van der Waals surface area contributed by atoms with Gasteiger partial charge in [-0.25, -0.2) is 4.39 Å². The summed E-state index contributed by atoms with van der Waals surface area (Å²) >= 11 is -1.32. The van der Waals surface area contributed by atoms with E-state index in [1.165, 1.54) is 6.07 Å². The first-order valence-corrected chi connectivity index (χ1v) is 6.77. The van der Waals surface area contributed by atoms with Crippen LogP contribution < -0.4 is 0 Å². The van der Waals surface area contributed by atoms with Crippen molar-refractivity contribution in [2.75, 3.05) is 0 Å². The normalized spacial score (nSPS) is 19.5. The van der Waals surface area contributed by atoms with E-state index in [9.17, 15) is 8.94 Å². The van der Waals surface area contributed by atoms with Crippen molar-refractivity contribution >= 4 is 17.1 Å². The summed E-state index contributed by atoms with van der Waals surface area (Å²) in [5.74, 6) is -0.260. The molecular formula is C13H16FNOS.